The van der Waals surface area contributed by atoms with E-state index in [0.717, 1.165) is 22.0 Å². The van der Waals surface area contributed by atoms with Crippen molar-refractivity contribution in [2.45, 2.75) is 10.6 Å². The van der Waals surface area contributed by atoms with Crippen LogP contribution in [0.3, 0.4) is 0 Å². The van der Waals surface area contributed by atoms with Gasteiger partial charge in [-0.3, -0.25) is 9.59 Å². The maximum atomic E-state index is 12.3. The molecule has 0 spiro atoms. The van der Waals surface area contributed by atoms with E-state index in [9.17, 15) is 9.59 Å². The van der Waals surface area contributed by atoms with Crippen LogP contribution in [0.2, 0.25) is 0 Å². The molecule has 0 radical (unpaired) electrons. The Hall–Kier alpha value is -3.32. The number of carbonyl (C=O) groups excluding carboxylic acids is 1. The van der Waals surface area contributed by atoms with Crippen LogP contribution in [0, 0.1) is 0 Å². The van der Waals surface area contributed by atoms with E-state index in [4.69, 9.17) is 0 Å². The van der Waals surface area contributed by atoms with Crippen LogP contribution in [0.4, 0.5) is 5.69 Å². The Morgan fingerprint density at radius 2 is 2.00 bits per heavy atom. The van der Waals surface area contributed by atoms with Crippen molar-refractivity contribution in [1.29, 1.82) is 0 Å². The highest BCUT2D eigenvalue weighted by Gasteiger charge is 2.08. The molecule has 134 valence electrons. The SMILES string of the molecule is O=C(Nc1c[nH]ccc1=O)c1ccc(SCc2cn3ccccc3n2)cc1. The van der Waals surface area contributed by atoms with Crippen LogP contribution in [0.1, 0.15) is 16.1 Å². The minimum Gasteiger partial charge on any atom is -0.366 e. The summed E-state index contributed by atoms with van der Waals surface area (Å²) in [5.41, 5.74) is 2.41. The number of nitrogens with one attached hydrogen (secondary N) is 2. The number of rotatable bonds is 5. The molecule has 7 heteroatoms. The minimum atomic E-state index is -0.316. The van der Waals surface area contributed by atoms with Gasteiger partial charge in [-0.05, 0) is 36.4 Å². The molecule has 0 saturated carbocycles. The molecule has 3 heterocycles. The highest BCUT2D eigenvalue weighted by molar-refractivity contribution is 7.98. The number of aromatic amines is 1. The number of fused-ring (bicyclic) bond motifs is 1. The lowest BCUT2D eigenvalue weighted by Gasteiger charge is -2.05. The molecular weight excluding hydrogens is 360 g/mol. The third-order valence-corrected chi connectivity index (χ3v) is 5.03. The van der Waals surface area contributed by atoms with Gasteiger partial charge in [-0.2, -0.15) is 0 Å². The van der Waals surface area contributed by atoms with E-state index >= 15 is 0 Å². The summed E-state index contributed by atoms with van der Waals surface area (Å²) >= 11 is 1.65. The quantitative estimate of drug-likeness (QED) is 0.522. The van der Waals surface area contributed by atoms with Gasteiger partial charge in [-0.15, -0.1) is 11.8 Å². The van der Waals surface area contributed by atoms with Gasteiger partial charge in [-0.25, -0.2) is 4.98 Å². The zero-order valence-electron chi connectivity index (χ0n) is 14.3. The number of pyridine rings is 2. The van der Waals surface area contributed by atoms with Crippen LogP contribution in [0.15, 0.2) is 83.0 Å². The number of nitrogens with zero attached hydrogens (tertiary/aromatic N) is 2. The third-order valence-electron chi connectivity index (χ3n) is 3.99. The van der Waals surface area contributed by atoms with Gasteiger partial charge in [0.05, 0.1) is 5.69 Å². The van der Waals surface area contributed by atoms with E-state index in [-0.39, 0.29) is 17.0 Å². The first-order chi connectivity index (χ1) is 13.2. The highest BCUT2D eigenvalue weighted by atomic mass is 32.2. The first-order valence-electron chi connectivity index (χ1n) is 8.33. The first-order valence-corrected chi connectivity index (χ1v) is 9.31. The van der Waals surface area contributed by atoms with Gasteiger partial charge < -0.3 is 14.7 Å². The maximum Gasteiger partial charge on any atom is 0.255 e. The van der Waals surface area contributed by atoms with Gasteiger partial charge in [0, 0.05) is 47.1 Å². The number of aromatic nitrogens is 3. The molecule has 1 aromatic carbocycles. The zero-order chi connectivity index (χ0) is 18.6. The molecule has 0 atom stereocenters. The molecule has 0 bridgehead atoms. The molecule has 4 aromatic rings. The van der Waals surface area contributed by atoms with Crippen LogP contribution >= 0.6 is 11.8 Å². The lowest BCUT2D eigenvalue weighted by molar-refractivity contribution is 0.102. The maximum absolute atomic E-state index is 12.3. The normalized spacial score (nSPS) is 10.8. The second-order valence-corrected chi connectivity index (χ2v) is 6.94. The number of carbonyl (C=O) groups is 1. The summed E-state index contributed by atoms with van der Waals surface area (Å²) in [5, 5.41) is 2.62. The molecule has 1 amide bonds. The van der Waals surface area contributed by atoms with E-state index in [1.165, 1.54) is 18.5 Å². The minimum absolute atomic E-state index is 0.229. The molecule has 4 rings (SSSR count). The molecule has 2 N–H and O–H groups in total. The number of imidazole rings is 1. The summed E-state index contributed by atoms with van der Waals surface area (Å²) in [6.45, 7) is 0. The van der Waals surface area contributed by atoms with E-state index in [1.807, 2.05) is 47.1 Å². The lowest BCUT2D eigenvalue weighted by Crippen LogP contribution is -2.17. The number of hydrogen-bond donors (Lipinski definition) is 2. The van der Waals surface area contributed by atoms with Crippen molar-refractivity contribution in [3.8, 4) is 0 Å². The van der Waals surface area contributed by atoms with Crippen molar-refractivity contribution in [2.75, 3.05) is 5.32 Å². The molecule has 0 aliphatic rings. The molecule has 0 aliphatic heterocycles. The molecule has 6 nitrogen and oxygen atoms in total. The highest BCUT2D eigenvalue weighted by Crippen LogP contribution is 2.23. The molecule has 0 aliphatic carbocycles. The van der Waals surface area contributed by atoms with E-state index in [0.29, 0.717) is 5.56 Å². The second-order valence-electron chi connectivity index (χ2n) is 5.89. The van der Waals surface area contributed by atoms with Gasteiger partial charge in [0.1, 0.15) is 11.3 Å². The van der Waals surface area contributed by atoms with Gasteiger partial charge in [-0.1, -0.05) is 6.07 Å². The van der Waals surface area contributed by atoms with Crippen LogP contribution in [-0.4, -0.2) is 20.3 Å². The Bertz CT molecular complexity index is 1120. The summed E-state index contributed by atoms with van der Waals surface area (Å²) in [6.07, 6.45) is 6.98. The lowest BCUT2D eigenvalue weighted by atomic mass is 10.2. The van der Waals surface area contributed by atoms with Gasteiger partial charge >= 0.3 is 0 Å². The summed E-state index contributed by atoms with van der Waals surface area (Å²) in [7, 11) is 0. The fraction of sp³-hybridized carbons (Fsp3) is 0.0500. The zero-order valence-corrected chi connectivity index (χ0v) is 15.1. The van der Waals surface area contributed by atoms with E-state index in [2.05, 4.69) is 15.3 Å². The predicted octanol–water partition coefficient (Wildman–Crippen LogP) is 3.57. The van der Waals surface area contributed by atoms with E-state index in [1.54, 1.807) is 23.9 Å². The fourth-order valence-corrected chi connectivity index (χ4v) is 3.41. The largest absolute Gasteiger partial charge is 0.366 e. The molecule has 0 unspecified atom stereocenters. The van der Waals surface area contributed by atoms with Crippen molar-refractivity contribution in [2.24, 2.45) is 0 Å². The van der Waals surface area contributed by atoms with Gasteiger partial charge in [0.25, 0.3) is 5.91 Å². The fourth-order valence-electron chi connectivity index (χ4n) is 2.62. The summed E-state index contributed by atoms with van der Waals surface area (Å²) in [5.74, 6) is 0.427. The van der Waals surface area contributed by atoms with Crippen molar-refractivity contribution in [3.05, 3.63) is 94.8 Å². The summed E-state index contributed by atoms with van der Waals surface area (Å²) in [6, 6.07) is 14.6. The average Bonchev–Trinajstić information content (AvgIpc) is 3.11. The molecule has 0 saturated heterocycles. The number of thioether (sulfide) groups is 1. The topological polar surface area (TPSA) is 79.3 Å². The van der Waals surface area contributed by atoms with Crippen LogP contribution < -0.4 is 10.7 Å². The Morgan fingerprint density at radius 1 is 1.15 bits per heavy atom. The van der Waals surface area contributed by atoms with E-state index < -0.39 is 0 Å². The summed E-state index contributed by atoms with van der Waals surface area (Å²) in [4.78, 5) is 32.4. The molecule has 0 fully saturated rings. The number of hydrogen-bond acceptors (Lipinski definition) is 4. The van der Waals surface area contributed by atoms with Crippen molar-refractivity contribution < 1.29 is 4.79 Å². The van der Waals surface area contributed by atoms with Crippen molar-refractivity contribution >= 4 is 29.0 Å². The second kappa shape index (κ2) is 7.51. The Labute approximate surface area is 159 Å². The van der Waals surface area contributed by atoms with Crippen molar-refractivity contribution in [1.82, 2.24) is 14.4 Å². The first kappa shape index (κ1) is 17.1. The molecule has 3 aromatic heterocycles. The Balaban J connectivity index is 1.40. The number of H-pyrrole nitrogens is 1. The number of benzene rings is 1. The van der Waals surface area contributed by atoms with Gasteiger partial charge in [0.2, 0.25) is 5.43 Å². The van der Waals surface area contributed by atoms with Gasteiger partial charge in [0.15, 0.2) is 0 Å². The van der Waals surface area contributed by atoms with Crippen LogP contribution in [0.5, 0.6) is 0 Å². The third kappa shape index (κ3) is 3.93. The Kier molecular flexibility index (Phi) is 4.76. The summed E-state index contributed by atoms with van der Waals surface area (Å²) < 4.78 is 1.99. The average molecular weight is 376 g/mol. The standard InChI is InChI=1S/C20H16N4O2S/c25-18-8-9-21-11-17(18)23-20(26)14-4-6-16(7-5-14)27-13-15-12-24-10-2-1-3-19(24)22-15/h1-12H,13H2,(H,21,25)(H,23,26). The number of anilines is 1. The predicted molar refractivity (Wildman–Crippen MR) is 106 cm³/mol. The molecular formula is C20H16N4O2S. The Morgan fingerprint density at radius 3 is 2.78 bits per heavy atom. The number of amides is 1. The monoisotopic (exact) mass is 376 g/mol. The van der Waals surface area contributed by atoms with Crippen LogP contribution in [-0.2, 0) is 5.75 Å². The molecule has 27 heavy (non-hydrogen) atoms. The van der Waals surface area contributed by atoms with Crippen LogP contribution in [0.25, 0.3) is 5.65 Å². The van der Waals surface area contributed by atoms with Crippen molar-refractivity contribution in [3.63, 3.8) is 0 Å². The smallest absolute Gasteiger partial charge is 0.255 e.